The van der Waals surface area contributed by atoms with Crippen LogP contribution in [-0.2, 0) is 37.1 Å². The zero-order valence-electron chi connectivity index (χ0n) is 27.4. The summed E-state index contributed by atoms with van der Waals surface area (Å²) in [6.45, 7) is 4.45. The fraction of sp³-hybridized carbons (Fsp3) is 0.278. The molecule has 0 unspecified atom stereocenters. The number of aryl methyl sites for hydroxylation is 3. The fourth-order valence-corrected chi connectivity index (χ4v) is 5.78. The largest absolute Gasteiger partial charge is 0.379 e. The van der Waals surface area contributed by atoms with E-state index < -0.39 is 0 Å². The van der Waals surface area contributed by atoms with Crippen molar-refractivity contribution in [3.05, 3.63) is 102 Å². The van der Waals surface area contributed by atoms with Gasteiger partial charge in [-0.1, -0.05) is 30.3 Å². The first-order valence-corrected chi connectivity index (χ1v) is 15.9. The Morgan fingerprint density at radius 1 is 0.812 bits per heavy atom. The van der Waals surface area contributed by atoms with Crippen LogP contribution in [0.1, 0.15) is 37.9 Å². The number of carbonyl (C=O) groups is 3. The lowest BCUT2D eigenvalue weighted by Gasteiger charge is -2.26. The molecule has 1 aromatic carbocycles. The maximum atomic E-state index is 13.2. The number of benzene rings is 1. The first-order valence-electron chi connectivity index (χ1n) is 15.9. The summed E-state index contributed by atoms with van der Waals surface area (Å²) in [4.78, 5) is 45.8. The normalized spacial score (nSPS) is 13.6. The first-order chi connectivity index (χ1) is 23.2. The molecule has 1 saturated heterocycles. The van der Waals surface area contributed by atoms with Gasteiger partial charge in [0.15, 0.2) is 0 Å². The molecule has 248 valence electrons. The molecule has 0 spiro atoms. The van der Waals surface area contributed by atoms with E-state index in [4.69, 9.17) is 4.74 Å². The molecule has 0 bridgehead atoms. The SMILES string of the molecule is Cn1cc(NC(=O)c2cc(/C=C/c3ccc4ccccc4n3)cn2C)cc1CC(=O)Nc1cc(C(=O)NCCN2CCOCC2)n(C)c1. The van der Waals surface area contributed by atoms with Crippen LogP contribution in [0.3, 0.4) is 0 Å². The molecule has 5 heterocycles. The summed E-state index contributed by atoms with van der Waals surface area (Å²) >= 11 is 0. The number of hydrogen-bond acceptors (Lipinski definition) is 6. The van der Waals surface area contributed by atoms with E-state index in [1.165, 1.54) is 0 Å². The number of para-hydroxylation sites is 1. The smallest absolute Gasteiger partial charge is 0.272 e. The molecular weight excluding hydrogens is 608 g/mol. The van der Waals surface area contributed by atoms with Crippen molar-refractivity contribution in [1.29, 1.82) is 0 Å². The molecule has 3 N–H and O–H groups in total. The van der Waals surface area contributed by atoms with Gasteiger partial charge in [-0.3, -0.25) is 19.3 Å². The van der Waals surface area contributed by atoms with Gasteiger partial charge in [0.1, 0.15) is 11.4 Å². The van der Waals surface area contributed by atoms with Gasteiger partial charge in [-0.05, 0) is 42.0 Å². The number of pyridine rings is 1. The van der Waals surface area contributed by atoms with Crippen LogP contribution in [0.2, 0.25) is 0 Å². The maximum absolute atomic E-state index is 13.2. The summed E-state index contributed by atoms with van der Waals surface area (Å²) in [5.74, 6) is -0.696. The minimum Gasteiger partial charge on any atom is -0.379 e. The highest BCUT2D eigenvalue weighted by atomic mass is 16.5. The van der Waals surface area contributed by atoms with Gasteiger partial charge in [-0.2, -0.15) is 0 Å². The van der Waals surface area contributed by atoms with Crippen molar-refractivity contribution >= 4 is 52.2 Å². The molecule has 0 saturated carbocycles. The second-order valence-corrected chi connectivity index (χ2v) is 12.0. The second kappa shape index (κ2) is 14.5. The number of anilines is 2. The molecule has 12 heteroatoms. The molecule has 4 aromatic heterocycles. The van der Waals surface area contributed by atoms with Gasteiger partial charge in [0.2, 0.25) is 5.91 Å². The van der Waals surface area contributed by atoms with E-state index in [0.29, 0.717) is 42.5 Å². The highest BCUT2D eigenvalue weighted by Gasteiger charge is 2.17. The third kappa shape index (κ3) is 7.91. The van der Waals surface area contributed by atoms with E-state index in [-0.39, 0.29) is 24.1 Å². The summed E-state index contributed by atoms with van der Waals surface area (Å²) in [6, 6.07) is 17.2. The van der Waals surface area contributed by atoms with Crippen molar-refractivity contribution in [2.24, 2.45) is 21.1 Å². The fourth-order valence-electron chi connectivity index (χ4n) is 5.78. The van der Waals surface area contributed by atoms with E-state index in [0.717, 1.165) is 47.5 Å². The average molecular weight is 649 g/mol. The van der Waals surface area contributed by atoms with Crippen LogP contribution in [0.25, 0.3) is 23.1 Å². The van der Waals surface area contributed by atoms with Crippen LogP contribution in [0.4, 0.5) is 11.4 Å². The van der Waals surface area contributed by atoms with Crippen molar-refractivity contribution in [1.82, 2.24) is 28.9 Å². The molecule has 0 radical (unpaired) electrons. The van der Waals surface area contributed by atoms with Crippen molar-refractivity contribution in [2.45, 2.75) is 6.42 Å². The summed E-state index contributed by atoms with van der Waals surface area (Å²) < 4.78 is 10.6. The number of aromatic nitrogens is 4. The summed E-state index contributed by atoms with van der Waals surface area (Å²) in [7, 11) is 5.42. The molecule has 0 atom stereocenters. The number of fused-ring (bicyclic) bond motifs is 1. The Hall–Kier alpha value is -5.46. The maximum Gasteiger partial charge on any atom is 0.272 e. The van der Waals surface area contributed by atoms with Gasteiger partial charge in [-0.25, -0.2) is 4.98 Å². The third-order valence-corrected chi connectivity index (χ3v) is 8.37. The zero-order valence-corrected chi connectivity index (χ0v) is 27.4. The number of nitrogens with one attached hydrogen (secondary N) is 3. The lowest BCUT2D eigenvalue weighted by Crippen LogP contribution is -2.41. The number of rotatable bonds is 11. The van der Waals surface area contributed by atoms with Crippen molar-refractivity contribution in [3.63, 3.8) is 0 Å². The quantitative estimate of drug-likeness (QED) is 0.199. The second-order valence-electron chi connectivity index (χ2n) is 12.0. The zero-order chi connectivity index (χ0) is 33.6. The monoisotopic (exact) mass is 648 g/mol. The Morgan fingerprint density at radius 3 is 2.38 bits per heavy atom. The Bertz CT molecular complexity index is 1980. The minimum absolute atomic E-state index is 0.0875. The third-order valence-electron chi connectivity index (χ3n) is 8.37. The summed E-state index contributed by atoms with van der Waals surface area (Å²) in [5, 5.41) is 9.87. The van der Waals surface area contributed by atoms with Crippen LogP contribution in [-0.4, -0.2) is 80.7 Å². The van der Waals surface area contributed by atoms with Gasteiger partial charge in [-0.15, -0.1) is 0 Å². The van der Waals surface area contributed by atoms with Gasteiger partial charge in [0.05, 0.1) is 42.2 Å². The standard InChI is InChI=1S/C36H40N8O4/c1-41-23-28(40-36(47)32-18-25(22-42(32)2)8-10-27-11-9-26-6-4-5-7-31(26)38-27)19-30(41)21-34(45)39-29-20-33(43(3)24-29)35(46)37-12-13-44-14-16-48-17-15-44/h4-11,18-20,22-24H,12-17,21H2,1-3H3,(H,37,46)(H,39,45)(H,40,47)/b10-8+. The van der Waals surface area contributed by atoms with Crippen LogP contribution in [0.15, 0.2) is 73.2 Å². The van der Waals surface area contributed by atoms with Crippen LogP contribution < -0.4 is 16.0 Å². The van der Waals surface area contributed by atoms with Gasteiger partial charge < -0.3 is 34.4 Å². The molecule has 5 aromatic rings. The molecule has 0 aliphatic carbocycles. The predicted molar refractivity (Wildman–Crippen MR) is 187 cm³/mol. The van der Waals surface area contributed by atoms with Crippen molar-refractivity contribution in [3.8, 4) is 0 Å². The number of carbonyl (C=O) groups excluding carboxylic acids is 3. The number of nitrogens with zero attached hydrogens (tertiary/aromatic N) is 5. The lowest BCUT2D eigenvalue weighted by molar-refractivity contribution is -0.115. The Kier molecular flexibility index (Phi) is 9.83. The molecular formula is C36H40N8O4. The van der Waals surface area contributed by atoms with Gasteiger partial charge >= 0.3 is 0 Å². The van der Waals surface area contributed by atoms with Gasteiger partial charge in [0.25, 0.3) is 11.8 Å². The number of amides is 3. The molecule has 1 aliphatic heterocycles. The molecule has 1 aliphatic rings. The molecule has 48 heavy (non-hydrogen) atoms. The van der Waals surface area contributed by atoms with Gasteiger partial charge in [0, 0.05) is 77.0 Å². The highest BCUT2D eigenvalue weighted by Crippen LogP contribution is 2.19. The highest BCUT2D eigenvalue weighted by molar-refractivity contribution is 6.04. The van der Waals surface area contributed by atoms with E-state index in [1.807, 2.05) is 79.5 Å². The summed E-state index contributed by atoms with van der Waals surface area (Å²) in [5.41, 5.74) is 5.42. The van der Waals surface area contributed by atoms with Crippen LogP contribution in [0, 0.1) is 0 Å². The van der Waals surface area contributed by atoms with Crippen LogP contribution >= 0.6 is 0 Å². The van der Waals surface area contributed by atoms with Crippen LogP contribution in [0.5, 0.6) is 0 Å². The number of morpholine rings is 1. The Balaban J connectivity index is 1.02. The average Bonchev–Trinajstić information content (AvgIpc) is 3.75. The van der Waals surface area contributed by atoms with Crippen molar-refractivity contribution in [2.75, 3.05) is 50.0 Å². The Labute approximate surface area is 279 Å². The predicted octanol–water partition coefficient (Wildman–Crippen LogP) is 3.92. The molecule has 12 nitrogen and oxygen atoms in total. The first kappa shape index (κ1) is 32.5. The topological polar surface area (TPSA) is 127 Å². The molecule has 3 amide bonds. The van der Waals surface area contributed by atoms with E-state index in [9.17, 15) is 14.4 Å². The number of hydrogen-bond donors (Lipinski definition) is 3. The van der Waals surface area contributed by atoms with Crippen molar-refractivity contribution < 1.29 is 19.1 Å². The summed E-state index contributed by atoms with van der Waals surface area (Å²) in [6.07, 6.45) is 9.32. The Morgan fingerprint density at radius 2 is 1.54 bits per heavy atom. The van der Waals surface area contributed by atoms with E-state index in [1.54, 1.807) is 40.7 Å². The molecule has 1 fully saturated rings. The number of ether oxygens (including phenoxy) is 1. The van der Waals surface area contributed by atoms with E-state index in [2.05, 4.69) is 25.8 Å². The minimum atomic E-state index is -0.261. The van der Waals surface area contributed by atoms with E-state index >= 15 is 0 Å². The lowest BCUT2D eigenvalue weighted by atomic mass is 10.2. The molecule has 6 rings (SSSR count).